The second kappa shape index (κ2) is 3.00. The summed E-state index contributed by atoms with van der Waals surface area (Å²) in [6, 6.07) is 1.16. The van der Waals surface area contributed by atoms with E-state index >= 15 is 0 Å². The standard InChI is InChI=1S/C3H4N2O3S.ClH/c6-9(7,8)3-1-2-4-5-3;/h1-2H,(H,4,5)(H,6,7,8);1H. The van der Waals surface area contributed by atoms with Gasteiger partial charge >= 0.3 is 10.1 Å². The van der Waals surface area contributed by atoms with Crippen molar-refractivity contribution in [3.8, 4) is 0 Å². The Hall–Kier alpha value is -0.590. The van der Waals surface area contributed by atoms with E-state index in [9.17, 15) is 8.42 Å². The van der Waals surface area contributed by atoms with Crippen molar-refractivity contribution in [3.63, 3.8) is 0 Å². The summed E-state index contributed by atoms with van der Waals surface area (Å²) in [7, 11) is -4.08. The Bertz CT molecular complexity index is 279. The number of hydrogen-bond acceptors (Lipinski definition) is 3. The molecule has 0 atom stereocenters. The van der Waals surface area contributed by atoms with Crippen LogP contribution in [0.2, 0.25) is 0 Å². The molecule has 5 nitrogen and oxygen atoms in total. The molecule has 1 aromatic rings. The molecular formula is C3H5ClN2O3S. The van der Waals surface area contributed by atoms with Crippen LogP contribution in [0.5, 0.6) is 0 Å². The highest BCUT2D eigenvalue weighted by atomic mass is 35.5. The van der Waals surface area contributed by atoms with Crippen LogP contribution in [-0.4, -0.2) is 23.2 Å². The van der Waals surface area contributed by atoms with Gasteiger partial charge in [0.25, 0.3) is 0 Å². The lowest BCUT2D eigenvalue weighted by Crippen LogP contribution is -1.97. The second-order valence-corrected chi connectivity index (χ2v) is 2.79. The fraction of sp³-hybridized carbons (Fsp3) is 0. The van der Waals surface area contributed by atoms with Gasteiger partial charge in [0, 0.05) is 0 Å². The van der Waals surface area contributed by atoms with Gasteiger partial charge in [-0.2, -0.15) is 13.5 Å². The highest BCUT2D eigenvalue weighted by Crippen LogP contribution is 1.99. The summed E-state index contributed by atoms with van der Waals surface area (Å²) < 4.78 is 28.6. The Morgan fingerprint density at radius 3 is 2.40 bits per heavy atom. The first-order valence-corrected chi connectivity index (χ1v) is 3.51. The predicted octanol–water partition coefficient (Wildman–Crippen LogP) is 0.0782. The summed E-state index contributed by atoms with van der Waals surface area (Å²) in [4.78, 5) is 0. The molecule has 0 aliphatic carbocycles. The maximum Gasteiger partial charge on any atom is 0.311 e. The third kappa shape index (κ3) is 1.98. The zero-order valence-electron chi connectivity index (χ0n) is 4.68. The van der Waals surface area contributed by atoms with Crippen molar-refractivity contribution < 1.29 is 13.0 Å². The van der Waals surface area contributed by atoms with Crippen molar-refractivity contribution in [2.45, 2.75) is 5.03 Å². The molecule has 1 aromatic heterocycles. The van der Waals surface area contributed by atoms with E-state index in [1.807, 2.05) is 0 Å². The molecule has 0 aromatic carbocycles. The molecular weight excluding hydrogens is 180 g/mol. The molecule has 0 saturated carbocycles. The first-order valence-electron chi connectivity index (χ1n) is 2.07. The molecule has 0 spiro atoms. The quantitative estimate of drug-likeness (QED) is 0.606. The van der Waals surface area contributed by atoms with Gasteiger partial charge in [-0.15, -0.1) is 12.4 Å². The Labute approximate surface area is 63.6 Å². The Balaban J connectivity index is 0.000000810. The molecule has 0 fully saturated rings. The lowest BCUT2D eigenvalue weighted by atomic mass is 10.8. The Kier molecular flexibility index (Phi) is 2.82. The van der Waals surface area contributed by atoms with E-state index in [-0.39, 0.29) is 17.4 Å². The fourth-order valence-corrected chi connectivity index (χ4v) is 0.788. The molecule has 1 rings (SSSR count). The summed E-state index contributed by atoms with van der Waals surface area (Å²) in [5.41, 5.74) is 0. The molecule has 7 heteroatoms. The lowest BCUT2D eigenvalue weighted by Gasteiger charge is -1.85. The minimum Gasteiger partial charge on any atom is -0.281 e. The smallest absolute Gasteiger partial charge is 0.281 e. The van der Waals surface area contributed by atoms with Crippen LogP contribution in [0.15, 0.2) is 17.3 Å². The highest BCUT2D eigenvalue weighted by Gasteiger charge is 2.08. The number of H-pyrrole nitrogens is 1. The maximum absolute atomic E-state index is 10.2. The molecule has 2 N–H and O–H groups in total. The van der Waals surface area contributed by atoms with Crippen LogP contribution < -0.4 is 0 Å². The Morgan fingerprint density at radius 2 is 2.20 bits per heavy atom. The van der Waals surface area contributed by atoms with Crippen molar-refractivity contribution in [1.29, 1.82) is 0 Å². The maximum atomic E-state index is 10.2. The number of aromatic amines is 1. The van der Waals surface area contributed by atoms with Gasteiger partial charge in [0.15, 0.2) is 5.03 Å². The van der Waals surface area contributed by atoms with E-state index in [0.29, 0.717) is 0 Å². The first kappa shape index (κ1) is 9.41. The van der Waals surface area contributed by atoms with Gasteiger partial charge in [0.1, 0.15) is 0 Å². The molecule has 0 aliphatic rings. The molecule has 0 bridgehead atoms. The minimum atomic E-state index is -4.08. The van der Waals surface area contributed by atoms with E-state index in [1.54, 1.807) is 0 Å². The molecule has 1 heterocycles. The van der Waals surface area contributed by atoms with Gasteiger partial charge in [-0.1, -0.05) is 0 Å². The zero-order valence-corrected chi connectivity index (χ0v) is 6.32. The minimum absolute atomic E-state index is 0. The molecule has 10 heavy (non-hydrogen) atoms. The lowest BCUT2D eigenvalue weighted by molar-refractivity contribution is 0.479. The van der Waals surface area contributed by atoms with E-state index < -0.39 is 10.1 Å². The van der Waals surface area contributed by atoms with Crippen molar-refractivity contribution in [2.24, 2.45) is 0 Å². The average Bonchev–Trinajstić information content (AvgIpc) is 2.08. The van der Waals surface area contributed by atoms with Crippen molar-refractivity contribution >= 4 is 22.5 Å². The van der Waals surface area contributed by atoms with Gasteiger partial charge in [-0.05, 0) is 6.07 Å². The van der Waals surface area contributed by atoms with Crippen LogP contribution in [-0.2, 0) is 10.1 Å². The van der Waals surface area contributed by atoms with Crippen LogP contribution in [0, 0.1) is 0 Å². The predicted molar refractivity (Wildman–Crippen MR) is 35.7 cm³/mol. The average molecular weight is 185 g/mol. The van der Waals surface area contributed by atoms with Crippen molar-refractivity contribution in [3.05, 3.63) is 12.3 Å². The van der Waals surface area contributed by atoms with E-state index in [1.165, 1.54) is 6.20 Å². The Morgan fingerprint density at radius 1 is 1.60 bits per heavy atom. The normalized spacial score (nSPS) is 10.5. The third-order valence-electron chi connectivity index (χ3n) is 0.753. The van der Waals surface area contributed by atoms with Crippen LogP contribution in [0.3, 0.4) is 0 Å². The fourth-order valence-electron chi connectivity index (χ4n) is 0.387. The van der Waals surface area contributed by atoms with E-state index in [0.717, 1.165) is 6.07 Å². The van der Waals surface area contributed by atoms with Crippen molar-refractivity contribution in [2.75, 3.05) is 0 Å². The molecule has 0 aliphatic heterocycles. The van der Waals surface area contributed by atoms with E-state index in [4.69, 9.17) is 4.55 Å². The van der Waals surface area contributed by atoms with Crippen molar-refractivity contribution in [1.82, 2.24) is 10.2 Å². The first-order chi connectivity index (χ1) is 4.11. The zero-order chi connectivity index (χ0) is 6.91. The van der Waals surface area contributed by atoms with Gasteiger partial charge < -0.3 is 0 Å². The number of aromatic nitrogens is 2. The van der Waals surface area contributed by atoms with Gasteiger partial charge in [0.05, 0.1) is 6.20 Å². The second-order valence-electron chi connectivity index (χ2n) is 1.40. The largest absolute Gasteiger partial charge is 0.311 e. The molecule has 0 amide bonds. The van der Waals surface area contributed by atoms with E-state index in [2.05, 4.69) is 10.2 Å². The topological polar surface area (TPSA) is 83.1 Å². The van der Waals surface area contributed by atoms with Gasteiger partial charge in [0.2, 0.25) is 0 Å². The summed E-state index contributed by atoms with van der Waals surface area (Å²) in [6.45, 7) is 0. The molecule has 0 saturated heterocycles. The van der Waals surface area contributed by atoms with Crippen LogP contribution in [0.1, 0.15) is 0 Å². The molecule has 58 valence electrons. The highest BCUT2D eigenvalue weighted by molar-refractivity contribution is 7.85. The summed E-state index contributed by atoms with van der Waals surface area (Å²) in [5, 5.41) is 5.12. The van der Waals surface area contributed by atoms with Crippen LogP contribution >= 0.6 is 12.4 Å². The van der Waals surface area contributed by atoms with Gasteiger partial charge in [-0.3, -0.25) is 9.65 Å². The molecule has 0 radical (unpaired) electrons. The number of nitrogens with one attached hydrogen (secondary N) is 1. The summed E-state index contributed by atoms with van der Waals surface area (Å²) in [6.07, 6.45) is 1.24. The van der Waals surface area contributed by atoms with Crippen LogP contribution in [0.25, 0.3) is 0 Å². The number of rotatable bonds is 1. The monoisotopic (exact) mass is 184 g/mol. The third-order valence-corrected chi connectivity index (χ3v) is 1.54. The van der Waals surface area contributed by atoms with Gasteiger partial charge in [-0.25, -0.2) is 0 Å². The summed E-state index contributed by atoms with van der Waals surface area (Å²) in [5.74, 6) is 0. The SMILES string of the molecule is Cl.O=S(=O)(O)c1ccn[nH]1. The number of nitrogens with zero attached hydrogens (tertiary/aromatic N) is 1. The number of halogens is 1. The summed E-state index contributed by atoms with van der Waals surface area (Å²) >= 11 is 0. The number of hydrogen-bond donors (Lipinski definition) is 2. The molecule has 0 unspecified atom stereocenters. The van der Waals surface area contributed by atoms with Crippen LogP contribution in [0.4, 0.5) is 0 Å².